The minimum Gasteiger partial charge on any atom is -0.484 e. The molecule has 0 bridgehead atoms. The van der Waals surface area contributed by atoms with Crippen molar-refractivity contribution in [1.82, 2.24) is 10.9 Å². The Hall–Kier alpha value is -2.32. The summed E-state index contributed by atoms with van der Waals surface area (Å²) >= 11 is 5.77. The van der Waals surface area contributed by atoms with Crippen molar-refractivity contribution in [3.05, 3.63) is 29.3 Å². The second kappa shape index (κ2) is 10.7. The maximum absolute atomic E-state index is 12.0. The average Bonchev–Trinajstić information content (AvgIpc) is 2.66. The van der Waals surface area contributed by atoms with E-state index in [4.69, 9.17) is 21.1 Å². The van der Waals surface area contributed by atoms with Gasteiger partial charge in [-0.05, 0) is 44.0 Å². The number of carbonyl (C=O) groups excluding carboxylic acids is 3. The Bertz CT molecular complexity index is 653. The standard InChI is InChI=1S/C18H24ClN3O5/c1-2-26-18(25)13-4-3-9-22(10-13)11-16(23)20-21-17(24)12-27-15-7-5-14(19)6-8-15/h5-8,13H,2-4,9-12H2,1H3,(H,20,23)(H,21,24)/p+1/t13-/m0/s1. The van der Waals surface area contributed by atoms with Crippen molar-refractivity contribution in [2.75, 3.05) is 32.8 Å². The lowest BCUT2D eigenvalue weighted by Gasteiger charge is -2.28. The zero-order valence-electron chi connectivity index (χ0n) is 15.3. The van der Waals surface area contributed by atoms with Gasteiger partial charge in [-0.3, -0.25) is 25.2 Å². The third-order valence-electron chi connectivity index (χ3n) is 4.17. The number of benzene rings is 1. The molecule has 0 radical (unpaired) electrons. The van der Waals surface area contributed by atoms with Crippen molar-refractivity contribution in [2.24, 2.45) is 5.92 Å². The summed E-state index contributed by atoms with van der Waals surface area (Å²) in [5.74, 6) is -0.680. The van der Waals surface area contributed by atoms with Crippen LogP contribution in [0.2, 0.25) is 5.02 Å². The molecule has 8 nitrogen and oxygen atoms in total. The van der Waals surface area contributed by atoms with E-state index >= 15 is 0 Å². The minimum atomic E-state index is -0.476. The molecule has 2 atom stereocenters. The predicted molar refractivity (Wildman–Crippen MR) is 98.2 cm³/mol. The molecule has 0 saturated carbocycles. The first-order chi connectivity index (χ1) is 13.0. The van der Waals surface area contributed by atoms with E-state index in [1.807, 2.05) is 0 Å². The van der Waals surface area contributed by atoms with E-state index in [0.717, 1.165) is 24.3 Å². The number of halogens is 1. The Morgan fingerprint density at radius 3 is 2.59 bits per heavy atom. The number of hydrogen-bond donors (Lipinski definition) is 3. The summed E-state index contributed by atoms with van der Waals surface area (Å²) in [5.41, 5.74) is 4.68. The lowest BCUT2D eigenvalue weighted by atomic mass is 9.98. The molecule has 1 fully saturated rings. The number of hydrogen-bond acceptors (Lipinski definition) is 5. The number of ether oxygens (including phenoxy) is 2. The van der Waals surface area contributed by atoms with Crippen LogP contribution in [0, 0.1) is 5.92 Å². The Balaban J connectivity index is 1.66. The van der Waals surface area contributed by atoms with Crippen LogP contribution in [0.15, 0.2) is 24.3 Å². The molecular formula is C18H25ClN3O5+. The highest BCUT2D eigenvalue weighted by atomic mass is 35.5. The molecule has 0 aliphatic carbocycles. The lowest BCUT2D eigenvalue weighted by Crippen LogP contribution is -3.15. The molecular weight excluding hydrogens is 374 g/mol. The first kappa shape index (κ1) is 21.0. The number of amides is 2. The molecule has 148 valence electrons. The summed E-state index contributed by atoms with van der Waals surface area (Å²) in [6.45, 7) is 3.43. The normalized spacial score (nSPS) is 19.0. The molecule has 1 aromatic rings. The fraction of sp³-hybridized carbons (Fsp3) is 0.500. The quantitative estimate of drug-likeness (QED) is 0.433. The van der Waals surface area contributed by atoms with Crippen molar-refractivity contribution < 1.29 is 28.8 Å². The monoisotopic (exact) mass is 398 g/mol. The first-order valence-electron chi connectivity index (χ1n) is 8.94. The van der Waals surface area contributed by atoms with Crippen LogP contribution in [-0.2, 0) is 19.1 Å². The Kier molecular flexibility index (Phi) is 8.35. The van der Waals surface area contributed by atoms with Gasteiger partial charge < -0.3 is 14.4 Å². The van der Waals surface area contributed by atoms with E-state index in [0.29, 0.717) is 23.9 Å². The first-order valence-corrected chi connectivity index (χ1v) is 9.32. The van der Waals surface area contributed by atoms with Crippen LogP contribution >= 0.6 is 11.6 Å². The molecule has 27 heavy (non-hydrogen) atoms. The van der Waals surface area contributed by atoms with Crippen LogP contribution in [0.1, 0.15) is 19.8 Å². The number of nitrogens with one attached hydrogen (secondary N) is 3. The van der Waals surface area contributed by atoms with Crippen LogP contribution in [0.25, 0.3) is 0 Å². The smallest absolute Gasteiger partial charge is 0.314 e. The number of piperidine rings is 1. The van der Waals surface area contributed by atoms with Gasteiger partial charge in [0.15, 0.2) is 13.2 Å². The maximum Gasteiger partial charge on any atom is 0.314 e. The molecule has 3 N–H and O–H groups in total. The Morgan fingerprint density at radius 1 is 1.19 bits per heavy atom. The molecule has 0 spiro atoms. The van der Waals surface area contributed by atoms with Gasteiger partial charge in [0.1, 0.15) is 11.7 Å². The summed E-state index contributed by atoms with van der Waals surface area (Å²) in [5, 5.41) is 0.574. The van der Waals surface area contributed by atoms with Crippen LogP contribution in [0.5, 0.6) is 5.75 Å². The van der Waals surface area contributed by atoms with Crippen LogP contribution < -0.4 is 20.5 Å². The molecule has 0 aromatic heterocycles. The van der Waals surface area contributed by atoms with Crippen molar-refractivity contribution in [2.45, 2.75) is 19.8 Å². The molecule has 9 heteroatoms. The summed E-state index contributed by atoms with van der Waals surface area (Å²) in [7, 11) is 0. The van der Waals surface area contributed by atoms with E-state index < -0.39 is 5.91 Å². The van der Waals surface area contributed by atoms with Gasteiger partial charge in [-0.15, -0.1) is 0 Å². The molecule has 1 heterocycles. The molecule has 1 unspecified atom stereocenters. The van der Waals surface area contributed by atoms with Crippen LogP contribution in [0.3, 0.4) is 0 Å². The lowest BCUT2D eigenvalue weighted by molar-refractivity contribution is -0.899. The fourth-order valence-electron chi connectivity index (χ4n) is 2.90. The number of likely N-dealkylation sites (tertiary alicyclic amines) is 1. The van der Waals surface area contributed by atoms with Crippen molar-refractivity contribution in [3.63, 3.8) is 0 Å². The molecule has 2 amide bonds. The molecule has 1 aliphatic heterocycles. The van der Waals surface area contributed by atoms with Gasteiger partial charge >= 0.3 is 5.97 Å². The second-order valence-electron chi connectivity index (χ2n) is 6.31. The summed E-state index contributed by atoms with van der Waals surface area (Å²) in [6.07, 6.45) is 1.64. The fourth-order valence-corrected chi connectivity index (χ4v) is 3.03. The van der Waals surface area contributed by atoms with Gasteiger partial charge in [0.2, 0.25) is 0 Å². The number of hydrazine groups is 1. The molecule has 2 rings (SSSR count). The highest BCUT2D eigenvalue weighted by Crippen LogP contribution is 2.15. The zero-order chi connectivity index (χ0) is 19.6. The average molecular weight is 399 g/mol. The van der Waals surface area contributed by atoms with E-state index in [2.05, 4.69) is 10.9 Å². The van der Waals surface area contributed by atoms with Gasteiger partial charge in [-0.1, -0.05) is 11.6 Å². The SMILES string of the molecule is CCOC(=O)[C@H]1CCC[NH+](CC(=O)NNC(=O)COc2ccc(Cl)cc2)C1. The zero-order valence-corrected chi connectivity index (χ0v) is 16.0. The highest BCUT2D eigenvalue weighted by Gasteiger charge is 2.30. The molecule has 1 saturated heterocycles. The number of esters is 1. The summed E-state index contributed by atoms with van der Waals surface area (Å²) in [6, 6.07) is 6.60. The third-order valence-corrected chi connectivity index (χ3v) is 4.43. The van der Waals surface area contributed by atoms with E-state index in [9.17, 15) is 14.4 Å². The van der Waals surface area contributed by atoms with E-state index in [-0.39, 0.29) is 30.9 Å². The predicted octanol–water partition coefficient (Wildman–Crippen LogP) is -0.276. The Morgan fingerprint density at radius 2 is 1.89 bits per heavy atom. The second-order valence-corrected chi connectivity index (χ2v) is 6.75. The van der Waals surface area contributed by atoms with Gasteiger partial charge in [0, 0.05) is 5.02 Å². The summed E-state index contributed by atoms with van der Waals surface area (Å²) in [4.78, 5) is 36.6. The van der Waals surface area contributed by atoms with Crippen LogP contribution in [-0.4, -0.2) is 50.6 Å². The maximum atomic E-state index is 12.0. The van der Waals surface area contributed by atoms with Crippen molar-refractivity contribution in [3.8, 4) is 5.75 Å². The Labute approximate surface area is 163 Å². The number of quaternary nitrogens is 1. The van der Waals surface area contributed by atoms with Gasteiger partial charge in [0.25, 0.3) is 11.8 Å². The summed E-state index contributed by atoms with van der Waals surface area (Å²) < 4.78 is 10.3. The van der Waals surface area contributed by atoms with Crippen molar-refractivity contribution >= 4 is 29.4 Å². The minimum absolute atomic E-state index is 0.175. The largest absolute Gasteiger partial charge is 0.484 e. The van der Waals surface area contributed by atoms with Gasteiger partial charge in [-0.2, -0.15) is 0 Å². The third kappa shape index (κ3) is 7.44. The highest BCUT2D eigenvalue weighted by molar-refractivity contribution is 6.30. The number of rotatable bonds is 7. The molecule has 1 aromatic carbocycles. The topological polar surface area (TPSA) is 98.2 Å². The van der Waals surface area contributed by atoms with Gasteiger partial charge in [-0.25, -0.2) is 0 Å². The number of carbonyl (C=O) groups is 3. The van der Waals surface area contributed by atoms with E-state index in [1.54, 1.807) is 31.2 Å². The van der Waals surface area contributed by atoms with Gasteiger partial charge in [0.05, 0.1) is 19.7 Å². The van der Waals surface area contributed by atoms with Crippen molar-refractivity contribution in [1.29, 1.82) is 0 Å². The molecule has 1 aliphatic rings. The van der Waals surface area contributed by atoms with Crippen LogP contribution in [0.4, 0.5) is 0 Å². The van der Waals surface area contributed by atoms with E-state index in [1.165, 1.54) is 0 Å².